The second kappa shape index (κ2) is 3.38. The Hall–Kier alpha value is -0.810. The lowest BCUT2D eigenvalue weighted by Gasteiger charge is -2.18. The molecule has 0 spiro atoms. The van der Waals surface area contributed by atoms with Crippen LogP contribution in [0.2, 0.25) is 0 Å². The maximum absolute atomic E-state index is 10.6. The molecule has 0 fully saturated rings. The number of nitrogens with one attached hydrogen (secondary N) is 1. The zero-order valence-corrected chi connectivity index (χ0v) is 6.69. The van der Waals surface area contributed by atoms with Crippen LogP contribution in [0.15, 0.2) is 0 Å². The first-order valence-corrected chi connectivity index (χ1v) is 3.20. The molecule has 0 aliphatic heterocycles. The zero-order chi connectivity index (χ0) is 8.20. The van der Waals surface area contributed by atoms with Gasteiger partial charge in [-0.25, -0.2) is 0 Å². The second-order valence-electron chi connectivity index (χ2n) is 3.17. The van der Waals surface area contributed by atoms with Crippen LogP contribution in [0.1, 0.15) is 20.8 Å². The molecule has 0 saturated heterocycles. The van der Waals surface area contributed by atoms with Crippen molar-refractivity contribution in [2.45, 2.75) is 26.3 Å². The summed E-state index contributed by atoms with van der Waals surface area (Å²) in [6, 6.07) is 0. The van der Waals surface area contributed by atoms with Gasteiger partial charge in [0, 0.05) is 5.54 Å². The normalized spacial score (nSPS) is 10.6. The van der Waals surface area contributed by atoms with E-state index in [0.29, 0.717) is 0 Å². The smallest absolute Gasteiger partial charge is 0.218 e. The summed E-state index contributed by atoms with van der Waals surface area (Å²) in [6.45, 7) is 6.21. The van der Waals surface area contributed by atoms with Crippen LogP contribution in [-0.4, -0.2) is 17.9 Å². The molecule has 0 aromatic heterocycles. The number of carbonyl (C=O) groups is 1. The van der Waals surface area contributed by atoms with Crippen molar-refractivity contribution in [3.63, 3.8) is 0 Å². The van der Waals surface area contributed by atoms with Gasteiger partial charge in [0.25, 0.3) is 0 Å². The zero-order valence-electron chi connectivity index (χ0n) is 6.69. The molecule has 0 aromatic rings. The van der Waals surface area contributed by atoms with Gasteiger partial charge >= 0.3 is 0 Å². The molecule has 0 amide bonds. The maximum atomic E-state index is 10.6. The van der Waals surface area contributed by atoms with Crippen LogP contribution in [0.25, 0.3) is 0 Å². The molecule has 0 heterocycles. The lowest BCUT2D eigenvalue weighted by atomic mass is 10.1. The Bertz CT molecular complexity index is 159. The van der Waals surface area contributed by atoms with E-state index in [4.69, 9.17) is 6.42 Å². The lowest BCUT2D eigenvalue weighted by molar-refractivity contribution is -0.113. The highest BCUT2D eigenvalue weighted by atomic mass is 16.1. The molecule has 56 valence electrons. The summed E-state index contributed by atoms with van der Waals surface area (Å²) < 4.78 is 0. The number of hydrogen-bond donors (Lipinski definition) is 1. The molecule has 0 bridgehead atoms. The molecule has 0 radical (unpaired) electrons. The van der Waals surface area contributed by atoms with Crippen molar-refractivity contribution in [1.82, 2.24) is 5.32 Å². The minimum Gasteiger partial charge on any atom is -0.304 e. The van der Waals surface area contributed by atoms with E-state index in [1.807, 2.05) is 26.7 Å². The van der Waals surface area contributed by atoms with E-state index in [1.165, 1.54) is 0 Å². The lowest BCUT2D eigenvalue weighted by Crippen LogP contribution is -2.38. The second-order valence-corrected chi connectivity index (χ2v) is 3.17. The Morgan fingerprint density at radius 3 is 2.40 bits per heavy atom. The monoisotopic (exact) mass is 139 g/mol. The average Bonchev–Trinajstić information content (AvgIpc) is 1.81. The van der Waals surface area contributed by atoms with Crippen molar-refractivity contribution in [3.8, 4) is 12.3 Å². The van der Waals surface area contributed by atoms with E-state index in [2.05, 4.69) is 5.32 Å². The standard InChI is InChI=1S/C8H13NO/c1-5-7(10)6-9-8(2,3)4/h1,9H,6H2,2-4H3. The Labute approximate surface area is 62.0 Å². The summed E-state index contributed by atoms with van der Waals surface area (Å²) >= 11 is 0. The van der Waals surface area contributed by atoms with E-state index in [0.717, 1.165) is 0 Å². The van der Waals surface area contributed by atoms with Crippen molar-refractivity contribution >= 4 is 5.78 Å². The van der Waals surface area contributed by atoms with Crippen molar-refractivity contribution in [1.29, 1.82) is 0 Å². The summed E-state index contributed by atoms with van der Waals surface area (Å²) in [5, 5.41) is 2.98. The van der Waals surface area contributed by atoms with E-state index in [9.17, 15) is 4.79 Å². The third-order valence-corrected chi connectivity index (χ3v) is 0.940. The predicted molar refractivity (Wildman–Crippen MR) is 41.6 cm³/mol. The van der Waals surface area contributed by atoms with Gasteiger partial charge in [-0.3, -0.25) is 4.79 Å². The van der Waals surface area contributed by atoms with Crippen LogP contribution in [0.4, 0.5) is 0 Å². The molecule has 0 aliphatic rings. The fraction of sp³-hybridized carbons (Fsp3) is 0.625. The summed E-state index contributed by atoms with van der Waals surface area (Å²) in [7, 11) is 0. The highest BCUT2D eigenvalue weighted by molar-refractivity contribution is 5.96. The Balaban J connectivity index is 3.58. The van der Waals surface area contributed by atoms with Gasteiger partial charge in [0.05, 0.1) is 6.54 Å². The van der Waals surface area contributed by atoms with Gasteiger partial charge in [-0.1, -0.05) is 0 Å². The Morgan fingerprint density at radius 1 is 1.60 bits per heavy atom. The SMILES string of the molecule is C#CC(=O)CNC(C)(C)C. The summed E-state index contributed by atoms with van der Waals surface area (Å²) in [5.74, 6) is 1.84. The van der Waals surface area contributed by atoms with Gasteiger partial charge in [0.1, 0.15) is 0 Å². The summed E-state index contributed by atoms with van der Waals surface area (Å²) in [4.78, 5) is 10.6. The van der Waals surface area contributed by atoms with Crippen molar-refractivity contribution in [3.05, 3.63) is 0 Å². The van der Waals surface area contributed by atoms with Crippen molar-refractivity contribution < 1.29 is 4.79 Å². The van der Waals surface area contributed by atoms with Gasteiger partial charge in [0.15, 0.2) is 0 Å². The first kappa shape index (κ1) is 9.19. The van der Waals surface area contributed by atoms with Crippen LogP contribution in [0, 0.1) is 12.3 Å². The molecule has 1 N–H and O–H groups in total. The van der Waals surface area contributed by atoms with E-state index in [1.54, 1.807) is 0 Å². The van der Waals surface area contributed by atoms with E-state index < -0.39 is 0 Å². The molecule has 0 rings (SSSR count). The fourth-order valence-corrected chi connectivity index (χ4v) is 0.396. The van der Waals surface area contributed by atoms with Gasteiger partial charge in [0.2, 0.25) is 5.78 Å². The van der Waals surface area contributed by atoms with Crippen LogP contribution in [-0.2, 0) is 4.79 Å². The van der Waals surface area contributed by atoms with Gasteiger partial charge in [-0.2, -0.15) is 0 Å². The molecule has 0 saturated carbocycles. The summed E-state index contributed by atoms with van der Waals surface area (Å²) in [5.41, 5.74) is -0.0352. The molecular weight excluding hydrogens is 126 g/mol. The topological polar surface area (TPSA) is 29.1 Å². The number of ketones is 1. The fourth-order valence-electron chi connectivity index (χ4n) is 0.396. The largest absolute Gasteiger partial charge is 0.304 e. The van der Waals surface area contributed by atoms with Crippen LogP contribution < -0.4 is 5.32 Å². The van der Waals surface area contributed by atoms with Gasteiger partial charge < -0.3 is 5.32 Å². The van der Waals surface area contributed by atoms with Crippen LogP contribution in [0.5, 0.6) is 0 Å². The van der Waals surface area contributed by atoms with Crippen molar-refractivity contribution in [2.24, 2.45) is 0 Å². The quantitative estimate of drug-likeness (QED) is 0.448. The third kappa shape index (κ3) is 5.33. The van der Waals surface area contributed by atoms with Gasteiger partial charge in [-0.15, -0.1) is 6.42 Å². The Morgan fingerprint density at radius 2 is 2.10 bits per heavy atom. The molecule has 0 aromatic carbocycles. The predicted octanol–water partition coefficient (Wildman–Crippen LogP) is 0.577. The van der Waals surface area contributed by atoms with Crippen LogP contribution in [0.3, 0.4) is 0 Å². The van der Waals surface area contributed by atoms with Crippen molar-refractivity contribution in [2.75, 3.05) is 6.54 Å². The Kier molecular flexibility index (Phi) is 3.11. The first-order chi connectivity index (χ1) is 4.45. The molecular formula is C8H13NO. The minimum atomic E-state index is -0.199. The molecule has 2 heteroatoms. The van der Waals surface area contributed by atoms with E-state index >= 15 is 0 Å². The number of hydrogen-bond acceptors (Lipinski definition) is 2. The molecule has 2 nitrogen and oxygen atoms in total. The average molecular weight is 139 g/mol. The minimum absolute atomic E-state index is 0.0352. The maximum Gasteiger partial charge on any atom is 0.218 e. The van der Waals surface area contributed by atoms with E-state index in [-0.39, 0.29) is 17.9 Å². The van der Waals surface area contributed by atoms with Crippen LogP contribution >= 0.6 is 0 Å². The van der Waals surface area contributed by atoms with Gasteiger partial charge in [-0.05, 0) is 26.7 Å². The molecule has 0 aliphatic carbocycles. The molecule has 0 atom stereocenters. The highest BCUT2D eigenvalue weighted by Gasteiger charge is 2.09. The number of carbonyl (C=O) groups excluding carboxylic acids is 1. The molecule has 10 heavy (non-hydrogen) atoms. The summed E-state index contributed by atoms with van der Waals surface area (Å²) in [6.07, 6.45) is 4.86. The molecule has 0 unspecified atom stereocenters. The number of Topliss-reactive ketones (excluding diaryl/α,β-unsaturated/α-hetero) is 1. The third-order valence-electron chi connectivity index (χ3n) is 0.940. The number of terminal acetylenes is 1. The first-order valence-electron chi connectivity index (χ1n) is 3.20. The highest BCUT2D eigenvalue weighted by Crippen LogP contribution is 1.96. The number of rotatable bonds is 2.